The molecule has 4 heteroatoms. The molecule has 1 spiro atoms. The molecule has 0 N–H and O–H groups in total. The molecule has 1 aliphatic heterocycles. The van der Waals surface area contributed by atoms with Gasteiger partial charge in [-0.3, -0.25) is 4.79 Å². The van der Waals surface area contributed by atoms with E-state index in [1.807, 2.05) is 0 Å². The number of esters is 2. The van der Waals surface area contributed by atoms with E-state index in [0.29, 0.717) is 0 Å². The summed E-state index contributed by atoms with van der Waals surface area (Å²) in [4.78, 5) is 23.6. The van der Waals surface area contributed by atoms with Crippen LogP contribution in [0.5, 0.6) is 0 Å². The molecular formula is C14H18O4. The average molecular weight is 250 g/mol. The van der Waals surface area contributed by atoms with Crippen LogP contribution in [0.2, 0.25) is 0 Å². The largest absolute Gasteiger partial charge is 0.466 e. The highest BCUT2D eigenvalue weighted by Crippen LogP contribution is 2.57. The van der Waals surface area contributed by atoms with Crippen molar-refractivity contribution in [2.24, 2.45) is 11.3 Å². The molecule has 3 fully saturated rings. The molecule has 2 bridgehead atoms. The van der Waals surface area contributed by atoms with Gasteiger partial charge in [-0.2, -0.15) is 0 Å². The maximum Gasteiger partial charge on any atom is 0.330 e. The normalized spacial score (nSPS) is 40.3. The Morgan fingerprint density at radius 1 is 1.50 bits per heavy atom. The Labute approximate surface area is 106 Å². The molecule has 0 aromatic rings. The minimum atomic E-state index is -0.332. The SMILES string of the molecule is COC(=O)/C=C1/CCC[C@]23C[C@H](CC[C@@H]12)OC3=O. The Kier molecular flexibility index (Phi) is 2.68. The van der Waals surface area contributed by atoms with Gasteiger partial charge in [0.1, 0.15) is 6.10 Å². The second-order valence-electron chi connectivity index (χ2n) is 5.61. The van der Waals surface area contributed by atoms with Gasteiger partial charge in [-0.15, -0.1) is 0 Å². The van der Waals surface area contributed by atoms with Crippen LogP contribution < -0.4 is 0 Å². The van der Waals surface area contributed by atoms with Gasteiger partial charge in [0.2, 0.25) is 0 Å². The molecule has 0 aromatic heterocycles. The van der Waals surface area contributed by atoms with Gasteiger partial charge in [0.25, 0.3) is 0 Å². The third-order valence-electron chi connectivity index (χ3n) is 4.76. The van der Waals surface area contributed by atoms with E-state index in [0.717, 1.165) is 44.1 Å². The van der Waals surface area contributed by atoms with Gasteiger partial charge >= 0.3 is 11.9 Å². The average Bonchev–Trinajstić information content (AvgIpc) is 2.60. The van der Waals surface area contributed by atoms with Gasteiger partial charge in [-0.05, 0) is 38.0 Å². The molecule has 1 saturated heterocycles. The van der Waals surface area contributed by atoms with Crippen molar-refractivity contribution >= 4 is 11.9 Å². The Hall–Kier alpha value is -1.32. The Balaban J connectivity index is 1.94. The quantitative estimate of drug-likeness (QED) is 0.527. The summed E-state index contributed by atoms with van der Waals surface area (Å²) >= 11 is 0. The van der Waals surface area contributed by atoms with E-state index in [9.17, 15) is 9.59 Å². The Morgan fingerprint density at radius 2 is 2.33 bits per heavy atom. The summed E-state index contributed by atoms with van der Waals surface area (Å²) in [6.45, 7) is 0. The first-order valence-corrected chi connectivity index (χ1v) is 6.65. The van der Waals surface area contributed by atoms with Crippen molar-refractivity contribution in [1.82, 2.24) is 0 Å². The molecule has 3 rings (SSSR count). The molecule has 0 aromatic carbocycles. The highest BCUT2D eigenvalue weighted by molar-refractivity contribution is 5.84. The molecule has 18 heavy (non-hydrogen) atoms. The van der Waals surface area contributed by atoms with E-state index >= 15 is 0 Å². The minimum absolute atomic E-state index is 0.0366. The molecule has 1 heterocycles. The van der Waals surface area contributed by atoms with Crippen LogP contribution in [0.3, 0.4) is 0 Å². The third-order valence-corrected chi connectivity index (χ3v) is 4.76. The molecule has 3 atom stereocenters. The molecule has 0 amide bonds. The highest BCUT2D eigenvalue weighted by Gasteiger charge is 2.58. The zero-order valence-corrected chi connectivity index (χ0v) is 10.6. The van der Waals surface area contributed by atoms with Crippen LogP contribution in [0.1, 0.15) is 38.5 Å². The number of fused-ring (bicyclic) bond motifs is 1. The van der Waals surface area contributed by atoms with Crippen LogP contribution in [0, 0.1) is 11.3 Å². The second kappa shape index (κ2) is 4.11. The smallest absolute Gasteiger partial charge is 0.330 e. The van der Waals surface area contributed by atoms with E-state index in [2.05, 4.69) is 0 Å². The highest BCUT2D eigenvalue weighted by atomic mass is 16.6. The van der Waals surface area contributed by atoms with Gasteiger partial charge < -0.3 is 9.47 Å². The Bertz CT molecular complexity index is 426. The number of methoxy groups -OCH3 is 1. The summed E-state index contributed by atoms with van der Waals surface area (Å²) in [6, 6.07) is 0. The molecule has 4 nitrogen and oxygen atoms in total. The van der Waals surface area contributed by atoms with Crippen molar-refractivity contribution in [2.75, 3.05) is 7.11 Å². The fourth-order valence-electron chi connectivity index (χ4n) is 3.96. The Morgan fingerprint density at radius 3 is 3.11 bits per heavy atom. The predicted molar refractivity (Wildman–Crippen MR) is 63.6 cm³/mol. The zero-order chi connectivity index (χ0) is 12.8. The maximum atomic E-state index is 12.1. The van der Waals surface area contributed by atoms with Crippen molar-refractivity contribution in [3.05, 3.63) is 11.6 Å². The number of carbonyl (C=O) groups is 2. The number of carbonyl (C=O) groups excluding carboxylic acids is 2. The lowest BCUT2D eigenvalue weighted by molar-refractivity contribution is -0.150. The monoisotopic (exact) mass is 250 g/mol. The molecule has 2 aliphatic carbocycles. The van der Waals surface area contributed by atoms with Gasteiger partial charge in [0.05, 0.1) is 12.5 Å². The second-order valence-corrected chi connectivity index (χ2v) is 5.61. The van der Waals surface area contributed by atoms with Crippen LogP contribution in [-0.4, -0.2) is 25.2 Å². The fourth-order valence-corrected chi connectivity index (χ4v) is 3.96. The summed E-state index contributed by atoms with van der Waals surface area (Å²) in [7, 11) is 1.39. The maximum absolute atomic E-state index is 12.1. The van der Waals surface area contributed by atoms with Crippen LogP contribution in [0.25, 0.3) is 0 Å². The summed E-state index contributed by atoms with van der Waals surface area (Å²) < 4.78 is 10.1. The summed E-state index contributed by atoms with van der Waals surface area (Å²) in [5, 5.41) is 0. The molecule has 0 radical (unpaired) electrons. The minimum Gasteiger partial charge on any atom is -0.466 e. The molecule has 2 saturated carbocycles. The molecule has 0 unspecified atom stereocenters. The third kappa shape index (κ3) is 1.58. The number of ether oxygens (including phenoxy) is 2. The number of hydrogen-bond acceptors (Lipinski definition) is 4. The van der Waals surface area contributed by atoms with Crippen LogP contribution in [-0.2, 0) is 19.1 Å². The standard InChI is InChI=1S/C14H18O4/c1-17-12(15)7-9-3-2-6-14-8-10(18-13(14)16)4-5-11(9)14/h7,10-11H,2-6,8H2,1H3/b9-7-/t10-,11-,14-/m0/s1. The van der Waals surface area contributed by atoms with E-state index < -0.39 is 0 Å². The summed E-state index contributed by atoms with van der Waals surface area (Å²) in [6.07, 6.45) is 7.21. The van der Waals surface area contributed by atoms with Gasteiger partial charge in [-0.1, -0.05) is 5.57 Å². The first-order valence-electron chi connectivity index (χ1n) is 6.65. The van der Waals surface area contributed by atoms with E-state index in [1.54, 1.807) is 6.08 Å². The van der Waals surface area contributed by atoms with Crippen molar-refractivity contribution < 1.29 is 19.1 Å². The lowest BCUT2D eigenvalue weighted by Gasteiger charge is -2.42. The molecular weight excluding hydrogens is 232 g/mol. The predicted octanol–water partition coefficient (Wildman–Crippen LogP) is 1.98. The first kappa shape index (κ1) is 11.8. The van der Waals surface area contributed by atoms with Crippen LogP contribution in [0.4, 0.5) is 0 Å². The molecule has 98 valence electrons. The van der Waals surface area contributed by atoms with Crippen molar-refractivity contribution in [2.45, 2.75) is 44.6 Å². The summed E-state index contributed by atoms with van der Waals surface area (Å²) in [5.41, 5.74) is 0.756. The van der Waals surface area contributed by atoms with Gasteiger partial charge in [-0.25, -0.2) is 4.79 Å². The summed E-state index contributed by atoms with van der Waals surface area (Å²) in [5.74, 6) is -0.155. The van der Waals surface area contributed by atoms with Gasteiger partial charge in [0.15, 0.2) is 0 Å². The van der Waals surface area contributed by atoms with Crippen molar-refractivity contribution in [3.63, 3.8) is 0 Å². The number of hydrogen-bond donors (Lipinski definition) is 0. The topological polar surface area (TPSA) is 52.6 Å². The number of rotatable bonds is 1. The van der Waals surface area contributed by atoms with Crippen LogP contribution >= 0.6 is 0 Å². The van der Waals surface area contributed by atoms with Crippen molar-refractivity contribution in [3.8, 4) is 0 Å². The van der Waals surface area contributed by atoms with E-state index in [1.165, 1.54) is 7.11 Å². The molecule has 3 aliphatic rings. The van der Waals surface area contributed by atoms with E-state index in [-0.39, 0.29) is 29.4 Å². The first-order chi connectivity index (χ1) is 8.65. The lowest BCUT2D eigenvalue weighted by atomic mass is 9.58. The zero-order valence-electron chi connectivity index (χ0n) is 10.6. The van der Waals surface area contributed by atoms with E-state index in [4.69, 9.17) is 9.47 Å². The van der Waals surface area contributed by atoms with Gasteiger partial charge in [0, 0.05) is 12.5 Å². The van der Waals surface area contributed by atoms with Crippen LogP contribution in [0.15, 0.2) is 11.6 Å². The lowest BCUT2D eigenvalue weighted by Crippen LogP contribution is -2.41. The van der Waals surface area contributed by atoms with Crippen molar-refractivity contribution in [1.29, 1.82) is 0 Å². The number of allylic oxidation sites excluding steroid dienone is 1. The fraction of sp³-hybridized carbons (Fsp3) is 0.714.